The van der Waals surface area contributed by atoms with Gasteiger partial charge in [0.25, 0.3) is 11.5 Å². The van der Waals surface area contributed by atoms with Crippen LogP contribution < -0.4 is 11.3 Å². The fourth-order valence-corrected chi connectivity index (χ4v) is 2.48. The molecular weight excluding hydrogens is 274 g/mol. The molecule has 0 unspecified atom stereocenters. The molecule has 0 saturated carbocycles. The number of carbonyl (C=O) groups is 1. The van der Waals surface area contributed by atoms with Crippen LogP contribution in [0.25, 0.3) is 0 Å². The molecule has 0 radical (unpaired) electrons. The summed E-state index contributed by atoms with van der Waals surface area (Å²) in [6.07, 6.45) is 2.31. The Labute approximate surface area is 120 Å². The molecule has 0 atom stereocenters. The molecule has 0 aliphatic carbocycles. The number of anilines is 1. The lowest BCUT2D eigenvalue weighted by atomic mass is 10.1. The van der Waals surface area contributed by atoms with Crippen molar-refractivity contribution in [3.63, 3.8) is 0 Å². The van der Waals surface area contributed by atoms with Crippen LogP contribution in [0, 0.1) is 0 Å². The molecule has 0 bridgehead atoms. The summed E-state index contributed by atoms with van der Waals surface area (Å²) in [5, 5.41) is 0. The van der Waals surface area contributed by atoms with Crippen molar-refractivity contribution < 1.29 is 9.21 Å². The third-order valence-electron chi connectivity index (χ3n) is 3.54. The van der Waals surface area contributed by atoms with Gasteiger partial charge in [-0.15, -0.1) is 0 Å². The van der Waals surface area contributed by atoms with Crippen molar-refractivity contribution in [2.24, 2.45) is 0 Å². The lowest BCUT2D eigenvalue weighted by molar-refractivity contribution is 0.0724. The molecule has 2 aromatic heterocycles. The van der Waals surface area contributed by atoms with E-state index >= 15 is 0 Å². The zero-order chi connectivity index (χ0) is 15.0. The number of rotatable bonds is 2. The van der Waals surface area contributed by atoms with E-state index in [1.54, 1.807) is 4.90 Å². The summed E-state index contributed by atoms with van der Waals surface area (Å²) in [6, 6.07) is 0. The molecule has 8 nitrogen and oxygen atoms in total. The van der Waals surface area contributed by atoms with Crippen LogP contribution in [-0.4, -0.2) is 32.3 Å². The Morgan fingerprint density at radius 2 is 2.38 bits per heavy atom. The molecule has 0 saturated heterocycles. The number of hydrogen-bond acceptors (Lipinski definition) is 6. The second-order valence-corrected chi connectivity index (χ2v) is 4.83. The van der Waals surface area contributed by atoms with Gasteiger partial charge in [0.1, 0.15) is 5.76 Å². The molecule has 8 heteroatoms. The molecule has 0 spiro atoms. The number of aromatic nitrogens is 3. The first-order chi connectivity index (χ1) is 10.1. The Morgan fingerprint density at radius 1 is 1.57 bits per heavy atom. The number of fused-ring (bicyclic) bond motifs is 1. The molecule has 21 heavy (non-hydrogen) atoms. The Hall–Kier alpha value is -2.64. The van der Waals surface area contributed by atoms with E-state index in [0.29, 0.717) is 42.1 Å². The number of H-pyrrole nitrogens is 1. The van der Waals surface area contributed by atoms with Crippen LogP contribution in [0.3, 0.4) is 0 Å². The van der Waals surface area contributed by atoms with Crippen molar-refractivity contribution in [2.45, 2.75) is 26.3 Å². The number of aromatic amines is 1. The third kappa shape index (κ3) is 2.28. The van der Waals surface area contributed by atoms with Crippen LogP contribution in [-0.2, 0) is 19.4 Å². The summed E-state index contributed by atoms with van der Waals surface area (Å²) in [7, 11) is 0. The molecule has 2 aromatic rings. The largest absolute Gasteiger partial charge is 0.448 e. The van der Waals surface area contributed by atoms with Crippen molar-refractivity contribution in [3.05, 3.63) is 39.5 Å². The van der Waals surface area contributed by atoms with E-state index in [4.69, 9.17) is 10.2 Å². The SMILES string of the molecule is CCc1ocnc1C(=O)N1CCc2c(nc(N)[nH]c2=O)C1. The molecule has 1 aliphatic rings. The Kier molecular flexibility index (Phi) is 3.20. The summed E-state index contributed by atoms with van der Waals surface area (Å²) in [5.41, 5.74) is 6.76. The van der Waals surface area contributed by atoms with Crippen LogP contribution in [0.15, 0.2) is 15.6 Å². The number of nitrogens with two attached hydrogens (primary N) is 1. The van der Waals surface area contributed by atoms with Crippen molar-refractivity contribution >= 4 is 11.9 Å². The zero-order valence-electron chi connectivity index (χ0n) is 11.5. The van der Waals surface area contributed by atoms with Crippen LogP contribution in [0.4, 0.5) is 5.95 Å². The van der Waals surface area contributed by atoms with Gasteiger partial charge < -0.3 is 15.1 Å². The highest BCUT2D eigenvalue weighted by Gasteiger charge is 2.27. The standard InChI is InChI=1S/C13H15N5O3/c1-2-9-10(15-6-21-9)12(20)18-4-3-7-8(5-18)16-13(14)17-11(7)19/h6H,2-5H2,1H3,(H3,14,16,17,19). The lowest BCUT2D eigenvalue weighted by Gasteiger charge is -2.27. The average Bonchev–Trinajstić information content (AvgIpc) is 2.94. The number of nitrogens with one attached hydrogen (secondary N) is 1. The minimum absolute atomic E-state index is 0.0590. The van der Waals surface area contributed by atoms with E-state index in [-0.39, 0.29) is 24.0 Å². The number of amides is 1. The minimum atomic E-state index is -0.236. The Balaban J connectivity index is 1.89. The number of hydrogen-bond donors (Lipinski definition) is 2. The summed E-state index contributed by atoms with van der Waals surface area (Å²) in [4.78, 5) is 36.4. The predicted molar refractivity (Wildman–Crippen MR) is 73.6 cm³/mol. The predicted octanol–water partition coefficient (Wildman–Crippen LogP) is 0.101. The van der Waals surface area contributed by atoms with Gasteiger partial charge in [0, 0.05) is 18.5 Å². The molecule has 0 fully saturated rings. The van der Waals surface area contributed by atoms with E-state index in [0.717, 1.165) is 0 Å². The fourth-order valence-electron chi connectivity index (χ4n) is 2.48. The topological polar surface area (TPSA) is 118 Å². The van der Waals surface area contributed by atoms with Gasteiger partial charge in [-0.3, -0.25) is 14.6 Å². The Morgan fingerprint density at radius 3 is 3.14 bits per heavy atom. The van der Waals surface area contributed by atoms with Crippen molar-refractivity contribution in [3.8, 4) is 0 Å². The van der Waals surface area contributed by atoms with Crippen molar-refractivity contribution in [2.75, 3.05) is 12.3 Å². The van der Waals surface area contributed by atoms with Gasteiger partial charge in [0.15, 0.2) is 12.1 Å². The first-order valence-corrected chi connectivity index (χ1v) is 6.69. The first kappa shape index (κ1) is 13.3. The van der Waals surface area contributed by atoms with Crippen LogP contribution in [0.2, 0.25) is 0 Å². The van der Waals surface area contributed by atoms with E-state index in [9.17, 15) is 9.59 Å². The maximum absolute atomic E-state index is 12.5. The zero-order valence-corrected chi connectivity index (χ0v) is 11.5. The molecule has 1 amide bonds. The molecular formula is C13H15N5O3. The van der Waals surface area contributed by atoms with Gasteiger partial charge in [-0.25, -0.2) is 9.97 Å². The molecule has 0 aromatic carbocycles. The van der Waals surface area contributed by atoms with Gasteiger partial charge in [-0.2, -0.15) is 0 Å². The summed E-state index contributed by atoms with van der Waals surface area (Å²) >= 11 is 0. The highest BCUT2D eigenvalue weighted by Crippen LogP contribution is 2.18. The number of nitrogen functional groups attached to an aromatic ring is 1. The normalized spacial score (nSPS) is 14.0. The maximum atomic E-state index is 12.5. The van der Waals surface area contributed by atoms with Crippen LogP contribution in [0.1, 0.15) is 34.4 Å². The van der Waals surface area contributed by atoms with E-state index < -0.39 is 0 Å². The first-order valence-electron chi connectivity index (χ1n) is 6.69. The average molecular weight is 289 g/mol. The van der Waals surface area contributed by atoms with Gasteiger partial charge in [-0.05, 0) is 6.42 Å². The molecule has 3 heterocycles. The minimum Gasteiger partial charge on any atom is -0.448 e. The van der Waals surface area contributed by atoms with E-state index in [1.807, 2.05) is 6.92 Å². The fraction of sp³-hybridized carbons (Fsp3) is 0.385. The highest BCUT2D eigenvalue weighted by molar-refractivity contribution is 5.93. The lowest BCUT2D eigenvalue weighted by Crippen LogP contribution is -2.39. The molecule has 110 valence electrons. The number of oxazole rings is 1. The summed E-state index contributed by atoms with van der Waals surface area (Å²) in [6.45, 7) is 2.58. The second-order valence-electron chi connectivity index (χ2n) is 4.83. The number of carbonyl (C=O) groups excluding carboxylic acids is 1. The van der Waals surface area contributed by atoms with Crippen LogP contribution >= 0.6 is 0 Å². The quantitative estimate of drug-likeness (QED) is 0.809. The van der Waals surface area contributed by atoms with E-state index in [2.05, 4.69) is 15.0 Å². The summed E-state index contributed by atoms with van der Waals surface area (Å²) in [5.74, 6) is 0.403. The van der Waals surface area contributed by atoms with E-state index in [1.165, 1.54) is 6.39 Å². The smallest absolute Gasteiger partial charge is 0.276 e. The number of aryl methyl sites for hydroxylation is 1. The summed E-state index contributed by atoms with van der Waals surface area (Å²) < 4.78 is 5.18. The van der Waals surface area contributed by atoms with Crippen molar-refractivity contribution in [1.82, 2.24) is 19.9 Å². The third-order valence-corrected chi connectivity index (χ3v) is 3.54. The van der Waals surface area contributed by atoms with Gasteiger partial charge >= 0.3 is 0 Å². The molecule has 3 rings (SSSR count). The highest BCUT2D eigenvalue weighted by atomic mass is 16.3. The van der Waals surface area contributed by atoms with Crippen molar-refractivity contribution in [1.29, 1.82) is 0 Å². The van der Waals surface area contributed by atoms with Gasteiger partial charge in [-0.1, -0.05) is 6.92 Å². The van der Waals surface area contributed by atoms with Crippen LogP contribution in [0.5, 0.6) is 0 Å². The monoisotopic (exact) mass is 289 g/mol. The number of nitrogens with zero attached hydrogens (tertiary/aromatic N) is 3. The van der Waals surface area contributed by atoms with Gasteiger partial charge in [0.05, 0.1) is 12.2 Å². The second kappa shape index (κ2) is 5.04. The molecule has 3 N–H and O–H groups in total. The maximum Gasteiger partial charge on any atom is 0.276 e. The molecule has 1 aliphatic heterocycles. The Bertz CT molecular complexity index is 749. The van der Waals surface area contributed by atoms with Gasteiger partial charge in [0.2, 0.25) is 5.95 Å².